The molecule has 0 amide bonds. The summed E-state index contributed by atoms with van der Waals surface area (Å²) in [6.07, 6.45) is 4.29. The van der Waals surface area contributed by atoms with Crippen molar-refractivity contribution in [1.82, 2.24) is 4.98 Å². The smallest absolute Gasteiger partial charge is 0.347 e. The SMILES string of the molecule is Cc1ccc(/C=C2\CCCc3c2nc2ccccc2c3C(=O)O[C@@H]2CCOC2=O)cc1. The molecule has 1 fully saturated rings. The number of pyridine rings is 1. The van der Waals surface area contributed by atoms with Gasteiger partial charge in [-0.2, -0.15) is 0 Å². The van der Waals surface area contributed by atoms with Crippen LogP contribution in [0.2, 0.25) is 0 Å². The van der Waals surface area contributed by atoms with Crippen LogP contribution in [-0.2, 0) is 20.7 Å². The number of hydrogen-bond donors (Lipinski definition) is 0. The Bertz CT molecular complexity index is 1210. The number of nitrogens with zero attached hydrogens (tertiary/aromatic N) is 1. The van der Waals surface area contributed by atoms with Crippen molar-refractivity contribution in [1.29, 1.82) is 0 Å². The van der Waals surface area contributed by atoms with Crippen LogP contribution in [0.3, 0.4) is 0 Å². The third-order valence-electron chi connectivity index (χ3n) is 5.93. The van der Waals surface area contributed by atoms with Crippen LogP contribution in [0.5, 0.6) is 0 Å². The molecule has 1 aliphatic heterocycles. The summed E-state index contributed by atoms with van der Waals surface area (Å²) in [6.45, 7) is 2.36. The Morgan fingerprint density at radius 2 is 1.94 bits per heavy atom. The average molecular weight is 413 g/mol. The number of benzene rings is 2. The molecule has 3 aromatic rings. The molecule has 1 atom stereocenters. The van der Waals surface area contributed by atoms with Crippen molar-refractivity contribution in [2.45, 2.75) is 38.7 Å². The number of aromatic nitrogens is 1. The molecule has 31 heavy (non-hydrogen) atoms. The summed E-state index contributed by atoms with van der Waals surface area (Å²) in [5.74, 6) is -0.948. The highest BCUT2D eigenvalue weighted by Gasteiger charge is 2.33. The maximum atomic E-state index is 13.3. The molecular weight excluding hydrogens is 390 g/mol. The lowest BCUT2D eigenvalue weighted by Gasteiger charge is -2.23. The van der Waals surface area contributed by atoms with Gasteiger partial charge in [-0.3, -0.25) is 0 Å². The van der Waals surface area contributed by atoms with E-state index in [1.165, 1.54) is 5.56 Å². The number of carbonyl (C=O) groups excluding carboxylic acids is 2. The molecule has 1 saturated heterocycles. The van der Waals surface area contributed by atoms with Gasteiger partial charge in [0.15, 0.2) is 0 Å². The van der Waals surface area contributed by atoms with Crippen molar-refractivity contribution >= 4 is 34.5 Å². The normalized spacial score (nSPS) is 19.3. The van der Waals surface area contributed by atoms with Crippen LogP contribution in [0, 0.1) is 6.92 Å². The first-order valence-corrected chi connectivity index (χ1v) is 10.7. The standard InChI is InChI=1S/C26H23NO4/c1-16-9-11-17(12-10-16)15-18-5-4-7-20-23(26(29)31-22-13-14-30-25(22)28)19-6-2-3-8-21(19)27-24(18)20/h2-3,6,8-12,15,22H,4-5,7,13-14H2,1H3/b18-15+/t22-/m1/s1. The number of para-hydroxylation sites is 1. The molecule has 156 valence electrons. The van der Waals surface area contributed by atoms with E-state index in [9.17, 15) is 9.59 Å². The van der Waals surface area contributed by atoms with Gasteiger partial charge in [0, 0.05) is 11.8 Å². The fourth-order valence-electron chi connectivity index (χ4n) is 4.34. The monoisotopic (exact) mass is 413 g/mol. The summed E-state index contributed by atoms with van der Waals surface area (Å²) in [6, 6.07) is 16.0. The minimum atomic E-state index is -0.832. The second-order valence-corrected chi connectivity index (χ2v) is 8.12. The van der Waals surface area contributed by atoms with Crippen LogP contribution in [0.1, 0.15) is 52.0 Å². The first kappa shape index (κ1) is 19.5. The number of allylic oxidation sites excluding steroid dienone is 1. The zero-order valence-corrected chi connectivity index (χ0v) is 17.4. The molecule has 5 heteroatoms. The molecule has 0 N–H and O–H groups in total. The second kappa shape index (κ2) is 7.99. The van der Waals surface area contributed by atoms with Crippen molar-refractivity contribution < 1.29 is 19.1 Å². The predicted molar refractivity (Wildman–Crippen MR) is 119 cm³/mol. The van der Waals surface area contributed by atoms with E-state index in [0.29, 0.717) is 12.0 Å². The average Bonchev–Trinajstić information content (AvgIpc) is 3.18. The zero-order chi connectivity index (χ0) is 21.4. The van der Waals surface area contributed by atoms with Gasteiger partial charge in [-0.05, 0) is 55.0 Å². The van der Waals surface area contributed by atoms with Crippen molar-refractivity contribution in [3.05, 3.63) is 76.5 Å². The Labute approximate surface area is 180 Å². The molecule has 0 unspecified atom stereocenters. The molecule has 2 aromatic carbocycles. The van der Waals surface area contributed by atoms with E-state index >= 15 is 0 Å². The molecule has 0 radical (unpaired) electrons. The third-order valence-corrected chi connectivity index (χ3v) is 5.93. The number of cyclic esters (lactones) is 1. The van der Waals surface area contributed by atoms with E-state index in [0.717, 1.165) is 52.6 Å². The van der Waals surface area contributed by atoms with Gasteiger partial charge in [0.2, 0.25) is 6.10 Å². The van der Waals surface area contributed by atoms with E-state index in [4.69, 9.17) is 14.5 Å². The van der Waals surface area contributed by atoms with Gasteiger partial charge in [-0.25, -0.2) is 14.6 Å². The lowest BCUT2D eigenvalue weighted by molar-refractivity contribution is -0.145. The molecule has 1 aliphatic carbocycles. The summed E-state index contributed by atoms with van der Waals surface area (Å²) in [4.78, 5) is 30.0. The summed E-state index contributed by atoms with van der Waals surface area (Å²) in [5, 5.41) is 0.759. The van der Waals surface area contributed by atoms with Gasteiger partial charge < -0.3 is 9.47 Å². The fraction of sp³-hybridized carbons (Fsp3) is 0.269. The fourth-order valence-corrected chi connectivity index (χ4v) is 4.34. The number of fused-ring (bicyclic) bond motifs is 2. The van der Waals surface area contributed by atoms with Crippen molar-refractivity contribution in [2.24, 2.45) is 0 Å². The molecule has 0 spiro atoms. The van der Waals surface area contributed by atoms with Crippen molar-refractivity contribution in [2.75, 3.05) is 6.61 Å². The van der Waals surface area contributed by atoms with Gasteiger partial charge in [0.1, 0.15) is 0 Å². The van der Waals surface area contributed by atoms with Gasteiger partial charge in [-0.1, -0.05) is 48.0 Å². The van der Waals surface area contributed by atoms with Crippen LogP contribution in [0.25, 0.3) is 22.6 Å². The molecule has 5 nitrogen and oxygen atoms in total. The van der Waals surface area contributed by atoms with Crippen LogP contribution < -0.4 is 0 Å². The molecule has 2 heterocycles. The Balaban J connectivity index is 1.63. The van der Waals surface area contributed by atoms with Crippen LogP contribution in [0.4, 0.5) is 0 Å². The Morgan fingerprint density at radius 3 is 2.71 bits per heavy atom. The largest absolute Gasteiger partial charge is 0.463 e. The summed E-state index contributed by atoms with van der Waals surface area (Å²) in [5.41, 5.74) is 6.47. The van der Waals surface area contributed by atoms with Gasteiger partial charge in [-0.15, -0.1) is 0 Å². The highest BCUT2D eigenvalue weighted by Crippen LogP contribution is 2.36. The van der Waals surface area contributed by atoms with Crippen LogP contribution in [0.15, 0.2) is 48.5 Å². The summed E-state index contributed by atoms with van der Waals surface area (Å²) >= 11 is 0. The molecule has 0 saturated carbocycles. The first-order valence-electron chi connectivity index (χ1n) is 10.7. The predicted octanol–water partition coefficient (Wildman–Crippen LogP) is 4.89. The Kier molecular flexibility index (Phi) is 5.02. The first-order chi connectivity index (χ1) is 15.1. The van der Waals surface area contributed by atoms with Crippen molar-refractivity contribution in [3.63, 3.8) is 0 Å². The zero-order valence-electron chi connectivity index (χ0n) is 17.4. The molecule has 0 bridgehead atoms. The van der Waals surface area contributed by atoms with Gasteiger partial charge >= 0.3 is 11.9 Å². The van der Waals surface area contributed by atoms with Gasteiger partial charge in [0.05, 0.1) is 23.4 Å². The Morgan fingerprint density at radius 1 is 1.13 bits per heavy atom. The highest BCUT2D eigenvalue weighted by molar-refractivity contribution is 6.07. The highest BCUT2D eigenvalue weighted by atomic mass is 16.6. The molecule has 2 aliphatic rings. The molecule has 5 rings (SSSR count). The minimum Gasteiger partial charge on any atom is -0.463 e. The minimum absolute atomic E-state index is 0.287. The number of rotatable bonds is 3. The maximum absolute atomic E-state index is 13.3. The van der Waals surface area contributed by atoms with E-state index in [1.807, 2.05) is 24.3 Å². The number of esters is 2. The van der Waals surface area contributed by atoms with E-state index in [2.05, 4.69) is 37.3 Å². The number of carbonyl (C=O) groups is 2. The number of aryl methyl sites for hydroxylation is 1. The summed E-state index contributed by atoms with van der Waals surface area (Å²) < 4.78 is 10.5. The third kappa shape index (κ3) is 3.72. The quantitative estimate of drug-likeness (QED) is 0.572. The van der Waals surface area contributed by atoms with Crippen LogP contribution >= 0.6 is 0 Å². The lowest BCUT2D eigenvalue weighted by Crippen LogP contribution is -2.24. The Hall–Kier alpha value is -3.47. The van der Waals surface area contributed by atoms with E-state index in [-0.39, 0.29) is 6.61 Å². The topological polar surface area (TPSA) is 65.5 Å². The van der Waals surface area contributed by atoms with E-state index in [1.54, 1.807) is 0 Å². The van der Waals surface area contributed by atoms with Gasteiger partial charge in [0.25, 0.3) is 0 Å². The maximum Gasteiger partial charge on any atom is 0.347 e. The summed E-state index contributed by atoms with van der Waals surface area (Å²) in [7, 11) is 0. The lowest BCUT2D eigenvalue weighted by atomic mass is 9.86. The molecule has 1 aromatic heterocycles. The number of hydrogen-bond acceptors (Lipinski definition) is 5. The second-order valence-electron chi connectivity index (χ2n) is 8.12. The van der Waals surface area contributed by atoms with Crippen molar-refractivity contribution in [3.8, 4) is 0 Å². The van der Waals surface area contributed by atoms with Crippen LogP contribution in [-0.4, -0.2) is 29.6 Å². The number of ether oxygens (including phenoxy) is 2. The van der Waals surface area contributed by atoms with E-state index < -0.39 is 18.0 Å². The molecular formula is C26H23NO4.